The molecule has 0 aliphatic rings. The van der Waals surface area contributed by atoms with E-state index in [1.165, 1.54) is 12.1 Å². The monoisotopic (exact) mass is 326 g/mol. The smallest absolute Gasteiger partial charge is 0.245 e. The zero-order valence-electron chi connectivity index (χ0n) is 11.2. The van der Waals surface area contributed by atoms with Crippen molar-refractivity contribution < 1.29 is 9.18 Å². The van der Waals surface area contributed by atoms with Gasteiger partial charge < -0.3 is 11.1 Å². The molecule has 3 N–H and O–H groups in total. The Hall–Kier alpha value is -1.62. The van der Waals surface area contributed by atoms with Crippen molar-refractivity contribution in [1.29, 1.82) is 0 Å². The summed E-state index contributed by atoms with van der Waals surface area (Å²) in [5.74, 6) is -1.16. The van der Waals surface area contributed by atoms with Crippen LogP contribution in [0.4, 0.5) is 10.1 Å². The number of aryl methyl sites for hydroxylation is 1. The van der Waals surface area contributed by atoms with Gasteiger partial charge in [0.15, 0.2) is 5.82 Å². The number of halogens is 3. The molecule has 0 saturated carbocycles. The third-order valence-electron chi connectivity index (χ3n) is 2.97. The average molecular weight is 327 g/mol. The van der Waals surface area contributed by atoms with Crippen LogP contribution >= 0.6 is 23.2 Å². The highest BCUT2D eigenvalue weighted by Gasteiger charge is 2.17. The molecular weight excluding hydrogens is 314 g/mol. The minimum Gasteiger partial charge on any atom is -0.324 e. The van der Waals surface area contributed by atoms with E-state index in [1.54, 1.807) is 12.1 Å². The van der Waals surface area contributed by atoms with Gasteiger partial charge in [0.05, 0.1) is 10.0 Å². The van der Waals surface area contributed by atoms with Crippen LogP contribution in [0.25, 0.3) is 0 Å². The molecular formula is C15H13Cl2FN2O. The lowest BCUT2D eigenvalue weighted by atomic mass is 10.1. The van der Waals surface area contributed by atoms with E-state index in [0.29, 0.717) is 11.3 Å². The molecule has 2 rings (SSSR count). The molecule has 21 heavy (non-hydrogen) atoms. The number of carbonyl (C=O) groups is 1. The standard InChI is InChI=1S/C15H13Cl2FN2O/c1-8-2-4-9(5-3-8)14(19)15(21)20-10-6-11(16)13(18)12(17)7-10/h2-7,14H,19H2,1H3,(H,20,21). The minimum absolute atomic E-state index is 0.165. The van der Waals surface area contributed by atoms with E-state index in [2.05, 4.69) is 5.32 Å². The summed E-state index contributed by atoms with van der Waals surface area (Å²) in [6, 6.07) is 9.02. The predicted molar refractivity (Wildman–Crippen MR) is 83.2 cm³/mol. The lowest BCUT2D eigenvalue weighted by molar-refractivity contribution is -0.117. The van der Waals surface area contributed by atoms with E-state index in [9.17, 15) is 9.18 Å². The number of benzene rings is 2. The van der Waals surface area contributed by atoms with Crippen molar-refractivity contribution in [2.24, 2.45) is 5.73 Å². The van der Waals surface area contributed by atoms with Crippen LogP contribution < -0.4 is 11.1 Å². The SMILES string of the molecule is Cc1ccc(C(N)C(=O)Nc2cc(Cl)c(F)c(Cl)c2)cc1. The van der Waals surface area contributed by atoms with Crippen molar-refractivity contribution in [2.45, 2.75) is 13.0 Å². The molecule has 0 fully saturated rings. The Morgan fingerprint density at radius 1 is 1.19 bits per heavy atom. The molecule has 1 atom stereocenters. The molecule has 0 spiro atoms. The minimum atomic E-state index is -0.840. The molecule has 2 aromatic carbocycles. The first-order chi connectivity index (χ1) is 9.88. The number of anilines is 1. The van der Waals surface area contributed by atoms with E-state index in [-0.39, 0.29) is 10.0 Å². The lowest BCUT2D eigenvalue weighted by Gasteiger charge is -2.13. The van der Waals surface area contributed by atoms with Crippen LogP contribution in [0.1, 0.15) is 17.2 Å². The number of hydrogen-bond donors (Lipinski definition) is 2. The Kier molecular flexibility index (Phi) is 4.83. The molecule has 110 valence electrons. The molecule has 0 aliphatic carbocycles. The Balaban J connectivity index is 2.16. The van der Waals surface area contributed by atoms with Gasteiger partial charge in [0.25, 0.3) is 0 Å². The molecule has 0 aromatic heterocycles. The van der Waals surface area contributed by atoms with Crippen LogP contribution in [0, 0.1) is 12.7 Å². The van der Waals surface area contributed by atoms with E-state index in [4.69, 9.17) is 28.9 Å². The van der Waals surface area contributed by atoms with Crippen LogP contribution in [-0.2, 0) is 4.79 Å². The van der Waals surface area contributed by atoms with Crippen LogP contribution in [0.5, 0.6) is 0 Å². The molecule has 6 heteroatoms. The summed E-state index contributed by atoms with van der Waals surface area (Å²) < 4.78 is 13.3. The molecule has 0 bridgehead atoms. The Morgan fingerprint density at radius 3 is 2.24 bits per heavy atom. The van der Waals surface area contributed by atoms with Gasteiger partial charge in [-0.05, 0) is 24.6 Å². The van der Waals surface area contributed by atoms with E-state index in [1.807, 2.05) is 19.1 Å². The second kappa shape index (κ2) is 6.43. The number of amides is 1. The summed E-state index contributed by atoms with van der Waals surface area (Å²) in [7, 11) is 0. The van der Waals surface area contributed by atoms with Crippen molar-refractivity contribution in [2.75, 3.05) is 5.32 Å². The summed E-state index contributed by atoms with van der Waals surface area (Å²) in [4.78, 5) is 12.1. The number of nitrogens with two attached hydrogens (primary N) is 1. The summed E-state index contributed by atoms with van der Waals surface area (Å²) in [6.45, 7) is 1.94. The fraction of sp³-hybridized carbons (Fsp3) is 0.133. The fourth-order valence-electron chi connectivity index (χ4n) is 1.77. The van der Waals surface area contributed by atoms with E-state index < -0.39 is 17.8 Å². The first-order valence-electron chi connectivity index (χ1n) is 6.16. The summed E-state index contributed by atoms with van der Waals surface area (Å²) in [5, 5.41) is 2.23. The number of rotatable bonds is 3. The van der Waals surface area contributed by atoms with Gasteiger partial charge in [0.2, 0.25) is 5.91 Å². The van der Waals surface area contributed by atoms with Gasteiger partial charge in [0, 0.05) is 5.69 Å². The van der Waals surface area contributed by atoms with E-state index >= 15 is 0 Å². The molecule has 0 radical (unpaired) electrons. The molecule has 1 amide bonds. The molecule has 3 nitrogen and oxygen atoms in total. The van der Waals surface area contributed by atoms with Gasteiger partial charge in [0.1, 0.15) is 6.04 Å². The molecule has 0 saturated heterocycles. The number of nitrogens with one attached hydrogen (secondary N) is 1. The maximum Gasteiger partial charge on any atom is 0.245 e. The van der Waals surface area contributed by atoms with Gasteiger partial charge >= 0.3 is 0 Å². The van der Waals surface area contributed by atoms with Crippen molar-refractivity contribution >= 4 is 34.8 Å². The average Bonchev–Trinajstić information content (AvgIpc) is 2.44. The van der Waals surface area contributed by atoms with Gasteiger partial charge in [-0.15, -0.1) is 0 Å². The van der Waals surface area contributed by atoms with Crippen molar-refractivity contribution in [3.8, 4) is 0 Å². The quantitative estimate of drug-likeness (QED) is 0.835. The second-order valence-electron chi connectivity index (χ2n) is 4.63. The van der Waals surface area contributed by atoms with Gasteiger partial charge in [-0.3, -0.25) is 4.79 Å². The lowest BCUT2D eigenvalue weighted by Crippen LogP contribution is -2.27. The van der Waals surface area contributed by atoms with Crippen LogP contribution in [0.15, 0.2) is 36.4 Å². The molecule has 2 aromatic rings. The zero-order chi connectivity index (χ0) is 15.6. The van der Waals surface area contributed by atoms with Crippen molar-refractivity contribution in [1.82, 2.24) is 0 Å². The Labute approximate surface area is 131 Å². The number of hydrogen-bond acceptors (Lipinski definition) is 2. The Bertz CT molecular complexity index is 651. The van der Waals surface area contributed by atoms with Gasteiger partial charge in [-0.2, -0.15) is 0 Å². The highest BCUT2D eigenvalue weighted by molar-refractivity contribution is 6.35. The Morgan fingerprint density at radius 2 is 1.71 bits per heavy atom. The normalized spacial score (nSPS) is 12.0. The van der Waals surface area contributed by atoms with Gasteiger partial charge in [-0.1, -0.05) is 53.0 Å². The molecule has 0 heterocycles. The highest BCUT2D eigenvalue weighted by Crippen LogP contribution is 2.27. The van der Waals surface area contributed by atoms with Crippen LogP contribution in [0.3, 0.4) is 0 Å². The largest absolute Gasteiger partial charge is 0.324 e. The molecule has 1 unspecified atom stereocenters. The highest BCUT2D eigenvalue weighted by atomic mass is 35.5. The van der Waals surface area contributed by atoms with Crippen LogP contribution in [0.2, 0.25) is 10.0 Å². The van der Waals surface area contributed by atoms with Crippen LogP contribution in [-0.4, -0.2) is 5.91 Å². The third-order valence-corrected chi connectivity index (χ3v) is 3.52. The maximum atomic E-state index is 13.3. The second-order valence-corrected chi connectivity index (χ2v) is 5.45. The maximum absolute atomic E-state index is 13.3. The third kappa shape index (κ3) is 3.73. The summed E-state index contributed by atoms with van der Waals surface area (Å²) >= 11 is 11.3. The first-order valence-corrected chi connectivity index (χ1v) is 6.91. The van der Waals surface area contributed by atoms with Gasteiger partial charge in [-0.25, -0.2) is 4.39 Å². The summed E-state index contributed by atoms with van der Waals surface area (Å²) in [5.41, 5.74) is 7.93. The first kappa shape index (κ1) is 15.8. The predicted octanol–water partition coefficient (Wildman–Crippen LogP) is 4.08. The fourth-order valence-corrected chi connectivity index (χ4v) is 2.26. The topological polar surface area (TPSA) is 55.1 Å². The van der Waals surface area contributed by atoms with Crippen molar-refractivity contribution in [3.63, 3.8) is 0 Å². The van der Waals surface area contributed by atoms with E-state index in [0.717, 1.165) is 5.56 Å². The zero-order valence-corrected chi connectivity index (χ0v) is 12.7. The molecule has 0 aliphatic heterocycles. The number of carbonyl (C=O) groups excluding carboxylic acids is 1. The van der Waals surface area contributed by atoms with Crippen molar-refractivity contribution in [3.05, 3.63) is 63.4 Å². The summed E-state index contributed by atoms with van der Waals surface area (Å²) in [6.07, 6.45) is 0.